The zero-order valence-electron chi connectivity index (χ0n) is 10.8. The van der Waals surface area contributed by atoms with Crippen molar-refractivity contribution < 1.29 is 4.79 Å². The Labute approximate surface area is 124 Å². The van der Waals surface area contributed by atoms with Gasteiger partial charge in [-0.25, -0.2) is 0 Å². The highest BCUT2D eigenvalue weighted by molar-refractivity contribution is 8.07. The Bertz CT molecular complexity index is 275. The van der Waals surface area contributed by atoms with E-state index in [0.717, 1.165) is 30.9 Å². The molecule has 2 rings (SSSR count). The lowest BCUT2D eigenvalue weighted by atomic mass is 9.92. The maximum absolute atomic E-state index is 12.5. The van der Waals surface area contributed by atoms with Gasteiger partial charge < -0.3 is 10.6 Å². The van der Waals surface area contributed by atoms with Gasteiger partial charge in [0.15, 0.2) is 0 Å². The van der Waals surface area contributed by atoms with Crippen LogP contribution in [0.25, 0.3) is 0 Å². The van der Waals surface area contributed by atoms with E-state index in [4.69, 9.17) is 5.73 Å². The lowest BCUT2D eigenvalue weighted by Gasteiger charge is -2.40. The number of likely N-dealkylation sites (tertiary alicyclic amines) is 1. The third kappa shape index (κ3) is 3.95. The molecule has 18 heavy (non-hydrogen) atoms. The van der Waals surface area contributed by atoms with E-state index in [1.54, 1.807) is 0 Å². The van der Waals surface area contributed by atoms with Crippen molar-refractivity contribution in [2.24, 2.45) is 11.7 Å². The second-order valence-corrected chi connectivity index (χ2v) is 7.45. The van der Waals surface area contributed by atoms with Crippen LogP contribution in [-0.4, -0.2) is 52.4 Å². The van der Waals surface area contributed by atoms with Crippen molar-refractivity contribution in [3.63, 3.8) is 0 Å². The first kappa shape index (κ1) is 16.5. The second kappa shape index (κ2) is 7.88. The summed E-state index contributed by atoms with van der Waals surface area (Å²) in [7, 11) is 0. The SMILES string of the molecule is CC1CCN(C(=O)C2CSCCS2)C(CN)C1.Cl. The molecule has 2 N–H and O–H groups in total. The van der Waals surface area contributed by atoms with Gasteiger partial charge in [-0.3, -0.25) is 4.79 Å². The highest BCUT2D eigenvalue weighted by atomic mass is 35.5. The van der Waals surface area contributed by atoms with E-state index < -0.39 is 0 Å². The molecule has 3 nitrogen and oxygen atoms in total. The minimum atomic E-state index is 0. The molecule has 0 aromatic heterocycles. The van der Waals surface area contributed by atoms with Crippen LogP contribution >= 0.6 is 35.9 Å². The van der Waals surface area contributed by atoms with Gasteiger partial charge in [-0.2, -0.15) is 11.8 Å². The van der Waals surface area contributed by atoms with Crippen LogP contribution < -0.4 is 5.73 Å². The lowest BCUT2D eigenvalue weighted by molar-refractivity contribution is -0.134. The average molecular weight is 311 g/mol. The zero-order chi connectivity index (χ0) is 12.3. The Morgan fingerprint density at radius 2 is 2.22 bits per heavy atom. The molecule has 0 radical (unpaired) electrons. The highest BCUT2D eigenvalue weighted by Crippen LogP contribution is 2.29. The first-order chi connectivity index (χ1) is 8.22. The summed E-state index contributed by atoms with van der Waals surface area (Å²) in [6.07, 6.45) is 2.21. The average Bonchev–Trinajstić information content (AvgIpc) is 2.39. The van der Waals surface area contributed by atoms with Gasteiger partial charge in [0.25, 0.3) is 0 Å². The molecule has 0 spiro atoms. The zero-order valence-corrected chi connectivity index (χ0v) is 13.3. The van der Waals surface area contributed by atoms with Crippen LogP contribution in [0, 0.1) is 5.92 Å². The predicted octanol–water partition coefficient (Wildman–Crippen LogP) is 1.84. The first-order valence-electron chi connectivity index (χ1n) is 6.42. The number of amides is 1. The van der Waals surface area contributed by atoms with Crippen LogP contribution in [0.2, 0.25) is 0 Å². The number of thioether (sulfide) groups is 2. The summed E-state index contributed by atoms with van der Waals surface area (Å²) in [6, 6.07) is 0.277. The number of halogens is 1. The molecule has 106 valence electrons. The monoisotopic (exact) mass is 310 g/mol. The second-order valence-electron chi connectivity index (χ2n) is 4.99. The summed E-state index contributed by atoms with van der Waals surface area (Å²) in [5.74, 6) is 4.32. The molecule has 6 heteroatoms. The summed E-state index contributed by atoms with van der Waals surface area (Å²) in [5, 5.41) is 0.177. The van der Waals surface area contributed by atoms with Crippen LogP contribution in [0.15, 0.2) is 0 Å². The van der Waals surface area contributed by atoms with Gasteiger partial charge in [0, 0.05) is 36.4 Å². The number of nitrogens with two attached hydrogens (primary N) is 1. The Balaban J connectivity index is 0.00000162. The maximum Gasteiger partial charge on any atom is 0.236 e. The minimum Gasteiger partial charge on any atom is -0.337 e. The van der Waals surface area contributed by atoms with E-state index >= 15 is 0 Å². The number of carbonyl (C=O) groups excluding carboxylic acids is 1. The van der Waals surface area contributed by atoms with Crippen molar-refractivity contribution in [2.75, 3.05) is 30.3 Å². The molecular weight excluding hydrogens is 288 g/mol. The number of carbonyl (C=O) groups is 1. The van der Waals surface area contributed by atoms with Gasteiger partial charge in [0.1, 0.15) is 0 Å². The van der Waals surface area contributed by atoms with Crippen molar-refractivity contribution in [3.05, 3.63) is 0 Å². The molecular formula is C12H23ClN2OS2. The Hall–Kier alpha value is 0.420. The van der Waals surface area contributed by atoms with Crippen molar-refractivity contribution in [1.82, 2.24) is 4.90 Å². The lowest BCUT2D eigenvalue weighted by Crippen LogP contribution is -2.52. The van der Waals surface area contributed by atoms with E-state index in [-0.39, 0.29) is 23.7 Å². The van der Waals surface area contributed by atoms with E-state index in [1.807, 2.05) is 23.5 Å². The molecule has 0 aliphatic carbocycles. The van der Waals surface area contributed by atoms with Gasteiger partial charge >= 0.3 is 0 Å². The first-order valence-corrected chi connectivity index (χ1v) is 8.62. The van der Waals surface area contributed by atoms with Crippen LogP contribution in [0.5, 0.6) is 0 Å². The van der Waals surface area contributed by atoms with Gasteiger partial charge in [-0.1, -0.05) is 6.92 Å². The molecule has 2 heterocycles. The molecule has 0 saturated carbocycles. The summed E-state index contributed by atoms with van der Waals surface area (Å²) in [4.78, 5) is 14.5. The van der Waals surface area contributed by atoms with Crippen molar-refractivity contribution in [2.45, 2.75) is 31.1 Å². The Morgan fingerprint density at radius 3 is 2.83 bits per heavy atom. The van der Waals surface area contributed by atoms with Gasteiger partial charge in [0.05, 0.1) is 5.25 Å². The number of piperidine rings is 1. The quantitative estimate of drug-likeness (QED) is 0.845. The third-order valence-electron chi connectivity index (χ3n) is 3.62. The smallest absolute Gasteiger partial charge is 0.236 e. The molecule has 1 amide bonds. The van der Waals surface area contributed by atoms with Gasteiger partial charge in [-0.05, 0) is 18.8 Å². The number of hydrogen-bond donors (Lipinski definition) is 1. The largest absolute Gasteiger partial charge is 0.337 e. The summed E-state index contributed by atoms with van der Waals surface area (Å²) < 4.78 is 0. The van der Waals surface area contributed by atoms with E-state index in [2.05, 4.69) is 11.8 Å². The summed E-state index contributed by atoms with van der Waals surface area (Å²) in [5.41, 5.74) is 5.82. The van der Waals surface area contributed by atoms with E-state index in [0.29, 0.717) is 18.4 Å². The van der Waals surface area contributed by atoms with E-state index in [1.165, 1.54) is 5.75 Å². The molecule has 2 fully saturated rings. The van der Waals surface area contributed by atoms with Crippen LogP contribution in [0.3, 0.4) is 0 Å². The third-order valence-corrected chi connectivity index (χ3v) is 6.37. The fourth-order valence-corrected chi connectivity index (χ4v) is 5.20. The Morgan fingerprint density at radius 1 is 1.44 bits per heavy atom. The molecule has 3 atom stereocenters. The molecule has 3 unspecified atom stereocenters. The topological polar surface area (TPSA) is 46.3 Å². The summed E-state index contributed by atoms with van der Waals surface area (Å²) in [6.45, 7) is 3.78. The Kier molecular flexibility index (Phi) is 7.21. The fraction of sp³-hybridized carbons (Fsp3) is 0.917. The minimum absolute atomic E-state index is 0. The number of hydrogen-bond acceptors (Lipinski definition) is 4. The summed E-state index contributed by atoms with van der Waals surface area (Å²) >= 11 is 3.73. The normalized spacial score (nSPS) is 32.8. The van der Waals surface area contributed by atoms with Crippen molar-refractivity contribution in [1.29, 1.82) is 0 Å². The molecule has 0 bridgehead atoms. The number of rotatable bonds is 2. The molecule has 2 aliphatic rings. The highest BCUT2D eigenvalue weighted by Gasteiger charge is 2.33. The van der Waals surface area contributed by atoms with Gasteiger partial charge in [0.2, 0.25) is 5.91 Å². The predicted molar refractivity (Wildman–Crippen MR) is 83.8 cm³/mol. The molecule has 0 aromatic carbocycles. The van der Waals surface area contributed by atoms with Crippen LogP contribution in [0.1, 0.15) is 19.8 Å². The standard InChI is InChI=1S/C12H22N2OS2.ClH/c1-9-2-3-14(10(6-9)7-13)12(15)11-8-16-4-5-17-11;/h9-11H,2-8,13H2,1H3;1H. The molecule has 2 aliphatic heterocycles. The van der Waals surface area contributed by atoms with Gasteiger partial charge in [-0.15, -0.1) is 24.2 Å². The van der Waals surface area contributed by atoms with Crippen LogP contribution in [0.4, 0.5) is 0 Å². The molecule has 0 aromatic rings. The van der Waals surface area contributed by atoms with E-state index in [9.17, 15) is 4.79 Å². The van der Waals surface area contributed by atoms with Crippen molar-refractivity contribution >= 4 is 41.8 Å². The number of nitrogens with zero attached hydrogens (tertiary/aromatic N) is 1. The van der Waals surface area contributed by atoms with Crippen molar-refractivity contribution in [3.8, 4) is 0 Å². The molecule has 2 saturated heterocycles. The van der Waals surface area contributed by atoms with Crippen LogP contribution in [-0.2, 0) is 4.79 Å². The maximum atomic E-state index is 12.5. The fourth-order valence-electron chi connectivity index (χ4n) is 2.58.